The molecule has 0 radical (unpaired) electrons. The Hall–Kier alpha value is -1.85. The second kappa shape index (κ2) is 7.43. The van der Waals surface area contributed by atoms with Gasteiger partial charge < -0.3 is 14.6 Å². The normalized spacial score (nSPS) is 11.4. The smallest absolute Gasteiger partial charge is 0.333 e. The molecule has 0 aromatic carbocycles. The number of rotatable bonds is 7. The SMILES string of the molecule is C=C(C)C(=O)OCCOC(=O)CC(C)C(=O)O. The van der Waals surface area contributed by atoms with Crippen LogP contribution in [0.25, 0.3) is 0 Å². The van der Waals surface area contributed by atoms with Gasteiger partial charge in [-0.25, -0.2) is 4.79 Å². The van der Waals surface area contributed by atoms with Gasteiger partial charge in [-0.15, -0.1) is 0 Å². The van der Waals surface area contributed by atoms with Crippen LogP contribution < -0.4 is 0 Å². The predicted octanol–water partition coefficient (Wildman–Crippen LogP) is 0.760. The molecule has 0 spiro atoms. The van der Waals surface area contributed by atoms with Gasteiger partial charge in [0.1, 0.15) is 13.2 Å². The zero-order chi connectivity index (χ0) is 13.4. The number of hydrogen-bond donors (Lipinski definition) is 1. The van der Waals surface area contributed by atoms with Crippen LogP contribution in [0.15, 0.2) is 12.2 Å². The van der Waals surface area contributed by atoms with E-state index in [4.69, 9.17) is 5.11 Å². The molecule has 0 aromatic rings. The number of ether oxygens (including phenoxy) is 2. The summed E-state index contributed by atoms with van der Waals surface area (Å²) in [5.41, 5.74) is 0.260. The molecule has 6 nitrogen and oxygen atoms in total. The highest BCUT2D eigenvalue weighted by atomic mass is 16.6. The molecule has 1 N–H and O–H groups in total. The van der Waals surface area contributed by atoms with Gasteiger partial charge in [0, 0.05) is 5.57 Å². The molecule has 1 atom stereocenters. The van der Waals surface area contributed by atoms with E-state index in [9.17, 15) is 14.4 Å². The minimum absolute atomic E-state index is 0.0705. The number of carbonyl (C=O) groups is 3. The Labute approximate surface area is 99.2 Å². The summed E-state index contributed by atoms with van der Waals surface area (Å²) in [5, 5.41) is 8.55. The Balaban J connectivity index is 3.69. The van der Waals surface area contributed by atoms with Crippen LogP contribution >= 0.6 is 0 Å². The quantitative estimate of drug-likeness (QED) is 0.404. The predicted molar refractivity (Wildman–Crippen MR) is 58.1 cm³/mol. The fourth-order valence-electron chi connectivity index (χ4n) is 0.809. The minimum Gasteiger partial charge on any atom is -0.481 e. The van der Waals surface area contributed by atoms with Gasteiger partial charge in [-0.1, -0.05) is 13.5 Å². The molecule has 0 aromatic heterocycles. The Morgan fingerprint density at radius 2 is 1.76 bits per heavy atom. The van der Waals surface area contributed by atoms with E-state index in [1.54, 1.807) is 0 Å². The first-order chi connectivity index (χ1) is 7.84. The maximum Gasteiger partial charge on any atom is 0.333 e. The first-order valence-corrected chi connectivity index (χ1v) is 5.05. The number of hydrogen-bond acceptors (Lipinski definition) is 5. The maximum atomic E-state index is 11.1. The molecule has 0 amide bonds. The van der Waals surface area contributed by atoms with E-state index in [1.165, 1.54) is 13.8 Å². The average molecular weight is 244 g/mol. The van der Waals surface area contributed by atoms with Crippen molar-refractivity contribution in [3.8, 4) is 0 Å². The molecule has 6 heteroatoms. The monoisotopic (exact) mass is 244 g/mol. The molecule has 0 bridgehead atoms. The largest absolute Gasteiger partial charge is 0.481 e. The lowest BCUT2D eigenvalue weighted by Gasteiger charge is -2.07. The minimum atomic E-state index is -1.06. The molecule has 0 aliphatic rings. The van der Waals surface area contributed by atoms with Crippen molar-refractivity contribution in [3.63, 3.8) is 0 Å². The van der Waals surface area contributed by atoms with Gasteiger partial charge >= 0.3 is 17.9 Å². The molecule has 0 rings (SSSR count). The van der Waals surface area contributed by atoms with Gasteiger partial charge in [0.2, 0.25) is 0 Å². The van der Waals surface area contributed by atoms with E-state index in [0.717, 1.165) is 0 Å². The fourth-order valence-corrected chi connectivity index (χ4v) is 0.809. The molecular weight excluding hydrogens is 228 g/mol. The van der Waals surface area contributed by atoms with Crippen LogP contribution in [0.1, 0.15) is 20.3 Å². The summed E-state index contributed by atoms with van der Waals surface area (Å²) in [6, 6.07) is 0. The maximum absolute atomic E-state index is 11.1. The molecule has 0 aliphatic heterocycles. The van der Waals surface area contributed by atoms with E-state index in [2.05, 4.69) is 16.1 Å². The van der Waals surface area contributed by atoms with Crippen molar-refractivity contribution in [1.29, 1.82) is 0 Å². The molecule has 96 valence electrons. The highest BCUT2D eigenvalue weighted by Gasteiger charge is 2.16. The van der Waals surface area contributed by atoms with Gasteiger partial charge in [-0.2, -0.15) is 0 Å². The third-order valence-electron chi connectivity index (χ3n) is 1.82. The number of aliphatic carboxylic acids is 1. The Morgan fingerprint density at radius 3 is 2.24 bits per heavy atom. The second-order valence-corrected chi connectivity index (χ2v) is 3.58. The lowest BCUT2D eigenvalue weighted by molar-refractivity contribution is -0.153. The zero-order valence-electron chi connectivity index (χ0n) is 9.89. The Kier molecular flexibility index (Phi) is 6.62. The summed E-state index contributed by atoms with van der Waals surface area (Å²) < 4.78 is 9.36. The van der Waals surface area contributed by atoms with Crippen LogP contribution in [0, 0.1) is 5.92 Å². The first kappa shape index (κ1) is 15.2. The van der Waals surface area contributed by atoms with Crippen LogP contribution in [-0.2, 0) is 23.9 Å². The van der Waals surface area contributed by atoms with Gasteiger partial charge in [0.25, 0.3) is 0 Å². The van der Waals surface area contributed by atoms with Crippen LogP contribution in [0.4, 0.5) is 0 Å². The molecule has 0 aliphatic carbocycles. The summed E-state index contributed by atoms with van der Waals surface area (Å²) in [4.78, 5) is 32.4. The first-order valence-electron chi connectivity index (χ1n) is 5.05. The molecule has 1 unspecified atom stereocenters. The molecule has 0 fully saturated rings. The molecule has 17 heavy (non-hydrogen) atoms. The van der Waals surface area contributed by atoms with Crippen LogP contribution in [-0.4, -0.2) is 36.2 Å². The Bertz CT molecular complexity index is 320. The van der Waals surface area contributed by atoms with Crippen molar-refractivity contribution in [3.05, 3.63) is 12.2 Å². The molecule has 0 saturated heterocycles. The highest BCUT2D eigenvalue weighted by molar-refractivity contribution is 5.86. The summed E-state index contributed by atoms with van der Waals surface area (Å²) in [6.45, 7) is 6.13. The van der Waals surface area contributed by atoms with E-state index < -0.39 is 23.8 Å². The number of carboxylic acid groups (broad SMARTS) is 1. The average Bonchev–Trinajstić information content (AvgIpc) is 2.23. The molecular formula is C11H16O6. The molecule has 0 heterocycles. The summed E-state index contributed by atoms with van der Waals surface area (Å²) in [6.07, 6.45) is -0.205. The lowest BCUT2D eigenvalue weighted by atomic mass is 10.1. The van der Waals surface area contributed by atoms with Crippen molar-refractivity contribution in [1.82, 2.24) is 0 Å². The van der Waals surface area contributed by atoms with Gasteiger partial charge in [0.05, 0.1) is 12.3 Å². The van der Waals surface area contributed by atoms with E-state index in [1.807, 2.05) is 0 Å². The molecule has 0 saturated carbocycles. The topological polar surface area (TPSA) is 89.9 Å². The summed E-state index contributed by atoms with van der Waals surface area (Å²) in [7, 11) is 0. The van der Waals surface area contributed by atoms with Crippen LogP contribution in [0.5, 0.6) is 0 Å². The van der Waals surface area contributed by atoms with Crippen LogP contribution in [0.2, 0.25) is 0 Å². The third-order valence-corrected chi connectivity index (χ3v) is 1.82. The number of esters is 2. The standard InChI is InChI=1S/C11H16O6/c1-7(2)11(15)17-5-4-16-9(12)6-8(3)10(13)14/h8H,1,4-6H2,2-3H3,(H,13,14). The number of carbonyl (C=O) groups excluding carboxylic acids is 2. The second-order valence-electron chi connectivity index (χ2n) is 3.58. The number of carboxylic acids is 1. The zero-order valence-corrected chi connectivity index (χ0v) is 9.89. The summed E-state index contributed by atoms with van der Waals surface area (Å²) in [5.74, 6) is -3.04. The fraction of sp³-hybridized carbons (Fsp3) is 0.545. The van der Waals surface area contributed by atoms with Crippen molar-refractivity contribution in [2.45, 2.75) is 20.3 Å². The van der Waals surface area contributed by atoms with E-state index in [0.29, 0.717) is 0 Å². The van der Waals surface area contributed by atoms with Crippen molar-refractivity contribution >= 4 is 17.9 Å². The van der Waals surface area contributed by atoms with Crippen molar-refractivity contribution < 1.29 is 29.0 Å². The van der Waals surface area contributed by atoms with Crippen molar-refractivity contribution in [2.24, 2.45) is 5.92 Å². The van der Waals surface area contributed by atoms with Gasteiger partial charge in [-0.3, -0.25) is 9.59 Å². The highest BCUT2D eigenvalue weighted by Crippen LogP contribution is 2.03. The van der Waals surface area contributed by atoms with Gasteiger partial charge in [0.15, 0.2) is 0 Å². The lowest BCUT2D eigenvalue weighted by Crippen LogP contribution is -2.19. The van der Waals surface area contributed by atoms with Gasteiger partial charge in [-0.05, 0) is 6.92 Å². The third kappa shape index (κ3) is 7.10. The van der Waals surface area contributed by atoms with Crippen molar-refractivity contribution in [2.75, 3.05) is 13.2 Å². The Morgan fingerprint density at radius 1 is 1.24 bits per heavy atom. The van der Waals surface area contributed by atoms with E-state index in [-0.39, 0.29) is 25.2 Å². The summed E-state index contributed by atoms with van der Waals surface area (Å²) >= 11 is 0. The van der Waals surface area contributed by atoms with E-state index >= 15 is 0 Å². The van der Waals surface area contributed by atoms with Crippen LogP contribution in [0.3, 0.4) is 0 Å².